The molecule has 66 valence electrons. The van der Waals surface area contributed by atoms with Gasteiger partial charge in [0.2, 0.25) is 0 Å². The monoisotopic (exact) mass is 174 g/mol. The topological polar surface area (TPSA) is 29.5 Å². The van der Waals surface area contributed by atoms with Crippen molar-refractivity contribution in [1.29, 1.82) is 0 Å². The second-order valence-corrected chi connectivity index (χ2v) is 9.82. The van der Waals surface area contributed by atoms with Gasteiger partial charge < -0.3 is 9.84 Å². The summed E-state index contributed by atoms with van der Waals surface area (Å²) in [6, 6.07) is 0. The van der Waals surface area contributed by atoms with Gasteiger partial charge in [-0.25, -0.2) is 0 Å². The van der Waals surface area contributed by atoms with Crippen LogP contribution in [-0.4, -0.2) is 31.6 Å². The Balaban J connectivity index is 2.64. The summed E-state index contributed by atoms with van der Waals surface area (Å²) >= 11 is 0. The van der Waals surface area contributed by atoms with Crippen LogP contribution in [-0.2, 0) is 4.74 Å². The lowest BCUT2D eigenvalue weighted by molar-refractivity contribution is -0.0181. The maximum absolute atomic E-state index is 10.2. The highest BCUT2D eigenvalue weighted by Crippen LogP contribution is 2.30. The van der Waals surface area contributed by atoms with Crippen LogP contribution in [0.25, 0.3) is 0 Å². The first-order valence-electron chi connectivity index (χ1n) is 4.26. The lowest BCUT2D eigenvalue weighted by atomic mass is 10.1. The Morgan fingerprint density at radius 2 is 1.64 bits per heavy atom. The SMILES string of the molecule is C[Si](C)(C)C1(O)CCOCC1. The van der Waals surface area contributed by atoms with Gasteiger partial charge in [0.05, 0.1) is 13.3 Å². The van der Waals surface area contributed by atoms with E-state index in [4.69, 9.17) is 4.74 Å². The zero-order valence-electron chi connectivity index (χ0n) is 7.68. The quantitative estimate of drug-likeness (QED) is 0.609. The maximum atomic E-state index is 10.2. The summed E-state index contributed by atoms with van der Waals surface area (Å²) < 4.78 is 5.22. The summed E-state index contributed by atoms with van der Waals surface area (Å²) in [5.41, 5.74) is 0. The molecule has 1 saturated heterocycles. The van der Waals surface area contributed by atoms with E-state index in [1.54, 1.807) is 0 Å². The fourth-order valence-electron chi connectivity index (χ4n) is 1.46. The van der Waals surface area contributed by atoms with Crippen molar-refractivity contribution >= 4 is 8.07 Å². The molecule has 2 nitrogen and oxygen atoms in total. The Morgan fingerprint density at radius 1 is 1.18 bits per heavy atom. The Bertz CT molecular complexity index is 134. The van der Waals surface area contributed by atoms with Gasteiger partial charge in [-0.05, 0) is 12.8 Å². The second-order valence-electron chi connectivity index (χ2n) is 4.39. The summed E-state index contributed by atoms with van der Waals surface area (Å²) in [7, 11) is -1.41. The van der Waals surface area contributed by atoms with Gasteiger partial charge in [0.1, 0.15) is 0 Å². The number of aliphatic hydroxyl groups is 1. The van der Waals surface area contributed by atoms with Crippen LogP contribution in [0.2, 0.25) is 19.6 Å². The third-order valence-corrected chi connectivity index (χ3v) is 6.01. The molecule has 0 amide bonds. The molecule has 0 aromatic heterocycles. The third-order valence-electron chi connectivity index (χ3n) is 2.72. The molecule has 0 aromatic carbocycles. The van der Waals surface area contributed by atoms with Crippen molar-refractivity contribution in [3.63, 3.8) is 0 Å². The first-order chi connectivity index (χ1) is 4.96. The molecule has 0 aliphatic carbocycles. The van der Waals surface area contributed by atoms with Crippen LogP contribution < -0.4 is 0 Å². The molecule has 1 aliphatic heterocycles. The minimum atomic E-state index is -1.41. The summed E-state index contributed by atoms with van der Waals surface area (Å²) in [5.74, 6) is 0. The van der Waals surface area contributed by atoms with Gasteiger partial charge in [-0.3, -0.25) is 0 Å². The number of hydrogen-bond donors (Lipinski definition) is 1. The van der Waals surface area contributed by atoms with Gasteiger partial charge in [0.15, 0.2) is 0 Å². The minimum Gasteiger partial charge on any atom is -0.393 e. The van der Waals surface area contributed by atoms with Crippen molar-refractivity contribution < 1.29 is 9.84 Å². The van der Waals surface area contributed by atoms with E-state index in [-0.39, 0.29) is 5.22 Å². The molecular weight excluding hydrogens is 156 g/mol. The summed E-state index contributed by atoms with van der Waals surface area (Å²) in [6.07, 6.45) is 1.67. The van der Waals surface area contributed by atoms with Crippen molar-refractivity contribution in [1.82, 2.24) is 0 Å². The van der Waals surface area contributed by atoms with Gasteiger partial charge in [0, 0.05) is 13.2 Å². The molecule has 11 heavy (non-hydrogen) atoms. The van der Waals surface area contributed by atoms with E-state index in [0.29, 0.717) is 0 Å². The first kappa shape index (κ1) is 9.23. The Labute approximate surface area is 69.6 Å². The highest BCUT2D eigenvalue weighted by Gasteiger charge is 2.42. The Kier molecular flexibility index (Phi) is 2.42. The van der Waals surface area contributed by atoms with Gasteiger partial charge in [-0.1, -0.05) is 19.6 Å². The summed E-state index contributed by atoms with van der Waals surface area (Å²) in [5, 5.41) is 9.82. The molecular formula is C8H18O2Si. The minimum absolute atomic E-state index is 0.370. The van der Waals surface area contributed by atoms with Gasteiger partial charge in [0.25, 0.3) is 0 Å². The molecule has 0 bridgehead atoms. The molecule has 0 radical (unpaired) electrons. The van der Waals surface area contributed by atoms with Crippen molar-refractivity contribution in [3.8, 4) is 0 Å². The predicted molar refractivity (Wildman–Crippen MR) is 48.3 cm³/mol. The van der Waals surface area contributed by atoms with Crippen LogP contribution in [0.1, 0.15) is 12.8 Å². The van der Waals surface area contributed by atoms with Gasteiger partial charge >= 0.3 is 0 Å². The highest BCUT2D eigenvalue weighted by molar-refractivity contribution is 6.78. The summed E-state index contributed by atoms with van der Waals surface area (Å²) in [6.45, 7) is 8.14. The highest BCUT2D eigenvalue weighted by atomic mass is 28.3. The molecule has 0 aromatic rings. The fraction of sp³-hybridized carbons (Fsp3) is 1.00. The lowest BCUT2D eigenvalue weighted by Gasteiger charge is -2.41. The molecule has 0 spiro atoms. The van der Waals surface area contributed by atoms with Crippen LogP contribution in [0, 0.1) is 0 Å². The largest absolute Gasteiger partial charge is 0.393 e. The van der Waals surface area contributed by atoms with E-state index in [1.807, 2.05) is 0 Å². The molecule has 3 heteroatoms. The second kappa shape index (κ2) is 2.88. The predicted octanol–water partition coefficient (Wildman–Crippen LogP) is 1.41. The van der Waals surface area contributed by atoms with Crippen LogP contribution in [0.3, 0.4) is 0 Å². The van der Waals surface area contributed by atoms with Crippen molar-refractivity contribution in [3.05, 3.63) is 0 Å². The zero-order valence-corrected chi connectivity index (χ0v) is 8.68. The summed E-state index contributed by atoms with van der Waals surface area (Å²) in [4.78, 5) is 0. The lowest BCUT2D eigenvalue weighted by Crippen LogP contribution is -2.55. The molecule has 1 N–H and O–H groups in total. The van der Waals surface area contributed by atoms with Crippen molar-refractivity contribution in [2.45, 2.75) is 37.7 Å². The number of rotatable bonds is 1. The van der Waals surface area contributed by atoms with Crippen LogP contribution in [0.4, 0.5) is 0 Å². The van der Waals surface area contributed by atoms with Crippen LogP contribution >= 0.6 is 0 Å². The first-order valence-corrected chi connectivity index (χ1v) is 7.76. The van der Waals surface area contributed by atoms with Crippen molar-refractivity contribution in [2.75, 3.05) is 13.2 Å². The average Bonchev–Trinajstić information content (AvgIpc) is 1.87. The molecule has 1 aliphatic rings. The molecule has 1 rings (SSSR count). The van der Waals surface area contributed by atoms with E-state index < -0.39 is 8.07 Å². The fourth-order valence-corrected chi connectivity index (χ4v) is 3.16. The standard InChI is InChI=1S/C8H18O2Si/c1-11(2,3)8(9)4-6-10-7-5-8/h9H,4-7H2,1-3H3. The smallest absolute Gasteiger partial charge is 0.0822 e. The Morgan fingerprint density at radius 3 is 1.91 bits per heavy atom. The van der Waals surface area contributed by atoms with E-state index >= 15 is 0 Å². The molecule has 0 atom stereocenters. The number of ether oxygens (including phenoxy) is 1. The van der Waals surface area contributed by atoms with Crippen molar-refractivity contribution in [2.24, 2.45) is 0 Å². The molecule has 1 fully saturated rings. The maximum Gasteiger partial charge on any atom is 0.0822 e. The van der Waals surface area contributed by atoms with E-state index in [2.05, 4.69) is 19.6 Å². The van der Waals surface area contributed by atoms with Gasteiger partial charge in [-0.2, -0.15) is 0 Å². The average molecular weight is 174 g/mol. The molecule has 0 saturated carbocycles. The van der Waals surface area contributed by atoms with Crippen LogP contribution in [0.15, 0.2) is 0 Å². The number of hydrogen-bond acceptors (Lipinski definition) is 2. The molecule has 0 unspecified atom stereocenters. The van der Waals surface area contributed by atoms with E-state index in [1.165, 1.54) is 0 Å². The Hall–Kier alpha value is 0.137. The van der Waals surface area contributed by atoms with Gasteiger partial charge in [-0.15, -0.1) is 0 Å². The van der Waals surface area contributed by atoms with Crippen LogP contribution in [0.5, 0.6) is 0 Å². The molecule has 1 heterocycles. The van der Waals surface area contributed by atoms with E-state index in [9.17, 15) is 5.11 Å². The normalized spacial score (nSPS) is 25.1. The third kappa shape index (κ3) is 1.83. The van der Waals surface area contributed by atoms with E-state index in [0.717, 1.165) is 26.1 Å². The zero-order chi connectivity index (χ0) is 8.54.